The third-order valence-corrected chi connectivity index (χ3v) is 5.09. The molecule has 0 spiro atoms. The number of rotatable bonds is 6. The van der Waals surface area contributed by atoms with Crippen LogP contribution in [-0.2, 0) is 25.1 Å². The number of aromatic nitrogens is 1. The Bertz CT molecular complexity index is 1050. The molecule has 0 saturated heterocycles. The maximum Gasteiger partial charge on any atom is 0.534 e. The number of ether oxygens (including phenoxy) is 1. The van der Waals surface area contributed by atoms with Crippen molar-refractivity contribution < 1.29 is 35.3 Å². The highest BCUT2D eigenvalue weighted by atomic mass is 32.2. The van der Waals surface area contributed by atoms with E-state index in [1.54, 1.807) is 6.92 Å². The third-order valence-electron chi connectivity index (χ3n) is 4.14. The summed E-state index contributed by atoms with van der Waals surface area (Å²) >= 11 is 0. The molecule has 164 valence electrons. The molecule has 0 fully saturated rings. The summed E-state index contributed by atoms with van der Waals surface area (Å²) < 4.78 is 70.6. The van der Waals surface area contributed by atoms with E-state index in [0.29, 0.717) is 11.3 Å². The zero-order chi connectivity index (χ0) is 22.9. The molecule has 0 amide bonds. The number of esters is 1. The van der Waals surface area contributed by atoms with Gasteiger partial charge in [-0.25, -0.2) is 4.98 Å². The van der Waals surface area contributed by atoms with Gasteiger partial charge in [0.05, 0.1) is 12.3 Å². The summed E-state index contributed by atoms with van der Waals surface area (Å²) in [6, 6.07) is 7.41. The lowest BCUT2D eigenvalue weighted by molar-refractivity contribution is -0.148. The SMILES string of the molecule is CCOC(=O)C(C)(C)c1cc(-c2ccc(N)cc2)c(N)c(OS(=O)(=O)C(F)(F)F)n1. The van der Waals surface area contributed by atoms with Crippen molar-refractivity contribution in [1.29, 1.82) is 0 Å². The van der Waals surface area contributed by atoms with Crippen LogP contribution in [0.25, 0.3) is 11.1 Å². The normalized spacial score (nSPS) is 12.5. The van der Waals surface area contributed by atoms with Gasteiger partial charge in [-0.3, -0.25) is 4.79 Å². The Morgan fingerprint density at radius 3 is 2.20 bits per heavy atom. The number of nitrogens with two attached hydrogens (primary N) is 2. The molecular formula is C18H20F3N3O5S. The van der Waals surface area contributed by atoms with Crippen molar-refractivity contribution in [3.8, 4) is 17.0 Å². The van der Waals surface area contributed by atoms with Gasteiger partial charge >= 0.3 is 21.6 Å². The van der Waals surface area contributed by atoms with Crippen molar-refractivity contribution >= 4 is 27.5 Å². The van der Waals surface area contributed by atoms with E-state index in [-0.39, 0.29) is 17.9 Å². The Morgan fingerprint density at radius 2 is 1.70 bits per heavy atom. The number of benzene rings is 1. The van der Waals surface area contributed by atoms with Crippen LogP contribution in [0.2, 0.25) is 0 Å². The molecule has 0 atom stereocenters. The zero-order valence-electron chi connectivity index (χ0n) is 16.3. The topological polar surface area (TPSA) is 135 Å². The van der Waals surface area contributed by atoms with E-state index in [1.165, 1.54) is 44.2 Å². The van der Waals surface area contributed by atoms with Gasteiger partial charge in [-0.2, -0.15) is 21.6 Å². The zero-order valence-corrected chi connectivity index (χ0v) is 17.1. The Morgan fingerprint density at radius 1 is 1.13 bits per heavy atom. The Hall–Kier alpha value is -3.02. The van der Waals surface area contributed by atoms with Crippen LogP contribution >= 0.6 is 0 Å². The lowest BCUT2D eigenvalue weighted by Crippen LogP contribution is -2.33. The second kappa shape index (κ2) is 8.01. The molecule has 0 unspecified atom stereocenters. The van der Waals surface area contributed by atoms with E-state index in [4.69, 9.17) is 16.2 Å². The predicted octanol–water partition coefficient (Wildman–Crippen LogP) is 2.98. The first-order valence-electron chi connectivity index (χ1n) is 8.55. The van der Waals surface area contributed by atoms with E-state index < -0.39 is 38.6 Å². The molecule has 1 aromatic heterocycles. The van der Waals surface area contributed by atoms with Gasteiger partial charge in [0.25, 0.3) is 5.88 Å². The molecule has 8 nitrogen and oxygen atoms in total. The predicted molar refractivity (Wildman–Crippen MR) is 104 cm³/mol. The summed E-state index contributed by atoms with van der Waals surface area (Å²) in [5.41, 5.74) is 4.71. The average molecular weight is 447 g/mol. The van der Waals surface area contributed by atoms with E-state index >= 15 is 0 Å². The van der Waals surface area contributed by atoms with Crippen LogP contribution in [0.15, 0.2) is 30.3 Å². The van der Waals surface area contributed by atoms with Crippen LogP contribution in [-0.4, -0.2) is 31.5 Å². The second-order valence-electron chi connectivity index (χ2n) is 6.72. The molecule has 1 heterocycles. The summed E-state index contributed by atoms with van der Waals surface area (Å²) in [6.45, 7) is 4.46. The molecule has 12 heteroatoms. The summed E-state index contributed by atoms with van der Waals surface area (Å²) in [7, 11) is -6.05. The van der Waals surface area contributed by atoms with Crippen molar-refractivity contribution in [2.24, 2.45) is 0 Å². The van der Waals surface area contributed by atoms with Gasteiger partial charge in [-0.15, -0.1) is 0 Å². The van der Waals surface area contributed by atoms with E-state index in [1.807, 2.05) is 0 Å². The Kier molecular flexibility index (Phi) is 6.21. The van der Waals surface area contributed by atoms with Gasteiger partial charge in [0.15, 0.2) is 0 Å². The van der Waals surface area contributed by atoms with Gasteiger partial charge < -0.3 is 20.4 Å². The standard InChI is InChI=1S/C18H20F3N3O5S/c1-4-28-16(25)17(2,3)13-9-12(10-5-7-11(22)8-6-10)14(23)15(24-13)29-30(26,27)18(19,20)21/h5-9H,4,22-23H2,1-3H3. The molecule has 0 radical (unpaired) electrons. The largest absolute Gasteiger partial charge is 0.534 e. The maximum atomic E-state index is 12.8. The third kappa shape index (κ3) is 4.58. The summed E-state index contributed by atoms with van der Waals surface area (Å²) in [5, 5.41) is 0. The number of nitrogen functional groups attached to an aromatic ring is 2. The lowest BCUT2D eigenvalue weighted by Gasteiger charge is -2.24. The fourth-order valence-corrected chi connectivity index (χ4v) is 2.81. The highest BCUT2D eigenvalue weighted by molar-refractivity contribution is 7.88. The molecule has 0 aliphatic carbocycles. The number of halogens is 3. The van der Waals surface area contributed by atoms with Crippen LogP contribution in [0, 0.1) is 0 Å². The van der Waals surface area contributed by atoms with Crippen LogP contribution in [0.3, 0.4) is 0 Å². The van der Waals surface area contributed by atoms with Gasteiger partial charge in [0.2, 0.25) is 0 Å². The summed E-state index contributed by atoms with van der Waals surface area (Å²) in [5.74, 6) is -1.73. The lowest BCUT2D eigenvalue weighted by atomic mass is 9.87. The van der Waals surface area contributed by atoms with Crippen LogP contribution < -0.4 is 15.7 Å². The second-order valence-corrected chi connectivity index (χ2v) is 8.26. The number of alkyl halides is 3. The Balaban J connectivity index is 2.74. The van der Waals surface area contributed by atoms with Crippen molar-refractivity contribution in [3.63, 3.8) is 0 Å². The van der Waals surface area contributed by atoms with Crippen molar-refractivity contribution in [3.05, 3.63) is 36.0 Å². The van der Waals surface area contributed by atoms with E-state index in [9.17, 15) is 26.4 Å². The first-order valence-corrected chi connectivity index (χ1v) is 9.96. The fourth-order valence-electron chi connectivity index (χ4n) is 2.38. The van der Waals surface area contributed by atoms with Crippen molar-refractivity contribution in [1.82, 2.24) is 4.98 Å². The molecule has 0 saturated carbocycles. The molecule has 1 aromatic carbocycles. The highest BCUT2D eigenvalue weighted by Gasteiger charge is 2.49. The first-order chi connectivity index (χ1) is 13.7. The summed E-state index contributed by atoms with van der Waals surface area (Å²) in [6.07, 6.45) is 0. The van der Waals surface area contributed by atoms with Crippen LogP contribution in [0.4, 0.5) is 24.5 Å². The molecule has 2 aromatic rings. The van der Waals surface area contributed by atoms with Crippen molar-refractivity contribution in [2.75, 3.05) is 18.1 Å². The molecule has 0 bridgehead atoms. The Labute approximate surface area is 171 Å². The number of pyridine rings is 1. The number of carbonyl (C=O) groups is 1. The average Bonchev–Trinajstić information content (AvgIpc) is 2.63. The van der Waals surface area contributed by atoms with Gasteiger partial charge in [-0.1, -0.05) is 12.1 Å². The van der Waals surface area contributed by atoms with E-state index in [0.717, 1.165) is 0 Å². The number of carbonyl (C=O) groups excluding carboxylic acids is 1. The van der Waals surface area contributed by atoms with Gasteiger partial charge in [0.1, 0.15) is 11.1 Å². The molecular weight excluding hydrogens is 427 g/mol. The molecule has 4 N–H and O–H groups in total. The summed E-state index contributed by atoms with van der Waals surface area (Å²) in [4.78, 5) is 16.1. The van der Waals surface area contributed by atoms with Crippen LogP contribution in [0.5, 0.6) is 5.88 Å². The highest BCUT2D eigenvalue weighted by Crippen LogP contribution is 2.39. The fraction of sp³-hybridized carbons (Fsp3) is 0.333. The monoisotopic (exact) mass is 447 g/mol. The number of nitrogens with zero attached hydrogens (tertiary/aromatic N) is 1. The molecule has 30 heavy (non-hydrogen) atoms. The number of hydrogen-bond donors (Lipinski definition) is 2. The molecule has 0 aliphatic heterocycles. The first kappa shape index (κ1) is 23.3. The van der Waals surface area contributed by atoms with Gasteiger partial charge in [0, 0.05) is 11.3 Å². The number of hydrogen-bond acceptors (Lipinski definition) is 8. The minimum atomic E-state index is -6.05. The van der Waals surface area contributed by atoms with Crippen molar-refractivity contribution in [2.45, 2.75) is 31.7 Å². The maximum absolute atomic E-state index is 12.8. The molecule has 0 aliphatic rings. The quantitative estimate of drug-likeness (QED) is 0.299. The van der Waals surface area contributed by atoms with E-state index in [2.05, 4.69) is 9.17 Å². The molecule has 2 rings (SSSR count). The smallest absolute Gasteiger partial charge is 0.465 e. The number of anilines is 2. The minimum Gasteiger partial charge on any atom is -0.465 e. The minimum absolute atomic E-state index is 0.0495. The van der Waals surface area contributed by atoms with Crippen LogP contribution in [0.1, 0.15) is 26.5 Å². The van der Waals surface area contributed by atoms with Gasteiger partial charge in [-0.05, 0) is 44.5 Å².